The topological polar surface area (TPSA) is 58.6 Å². The molecular formula is C15H16ClNO3. The molecule has 0 aromatic heterocycles. The number of hydrogen-bond acceptors (Lipinski definition) is 3. The molecule has 1 fully saturated rings. The first-order valence-corrected chi connectivity index (χ1v) is 7.02. The van der Waals surface area contributed by atoms with Crippen molar-refractivity contribution >= 4 is 23.6 Å². The molecule has 4 nitrogen and oxygen atoms in total. The van der Waals surface area contributed by atoms with E-state index in [9.17, 15) is 9.90 Å². The summed E-state index contributed by atoms with van der Waals surface area (Å²) in [6.07, 6.45) is 3.74. The number of aliphatic hydroxyl groups excluding tert-OH is 1. The van der Waals surface area contributed by atoms with Crippen LogP contribution in [0.4, 0.5) is 0 Å². The van der Waals surface area contributed by atoms with Crippen LogP contribution in [0.15, 0.2) is 23.8 Å². The van der Waals surface area contributed by atoms with Crippen molar-refractivity contribution < 1.29 is 14.6 Å². The molecular weight excluding hydrogens is 278 g/mol. The highest BCUT2D eigenvalue weighted by molar-refractivity contribution is 6.30. The Bertz CT molecular complexity index is 578. The molecule has 0 bridgehead atoms. The maximum Gasteiger partial charge on any atom is 0.250 e. The lowest BCUT2D eigenvalue weighted by Gasteiger charge is -2.19. The van der Waals surface area contributed by atoms with Crippen molar-refractivity contribution in [1.29, 1.82) is 0 Å². The summed E-state index contributed by atoms with van der Waals surface area (Å²) in [5.74, 6) is 0.593. The van der Waals surface area contributed by atoms with Gasteiger partial charge in [-0.1, -0.05) is 11.6 Å². The van der Waals surface area contributed by atoms with Gasteiger partial charge in [-0.15, -0.1) is 0 Å². The Morgan fingerprint density at radius 1 is 1.45 bits per heavy atom. The molecule has 0 unspecified atom stereocenters. The minimum Gasteiger partial charge on any atom is -0.488 e. The SMILES string of the molecule is O=C(NCC1(CO)CC1)C1=Cc2cc(Cl)ccc2OC1. The smallest absolute Gasteiger partial charge is 0.250 e. The quantitative estimate of drug-likeness (QED) is 0.893. The predicted molar refractivity (Wildman–Crippen MR) is 76.7 cm³/mol. The van der Waals surface area contributed by atoms with Crippen LogP contribution < -0.4 is 10.1 Å². The zero-order chi connectivity index (χ0) is 14.2. The van der Waals surface area contributed by atoms with Crippen LogP contribution in [0.3, 0.4) is 0 Å². The minimum atomic E-state index is -0.143. The first-order valence-electron chi connectivity index (χ1n) is 6.64. The lowest BCUT2D eigenvalue weighted by molar-refractivity contribution is -0.118. The van der Waals surface area contributed by atoms with Gasteiger partial charge in [0.1, 0.15) is 12.4 Å². The third-order valence-corrected chi connectivity index (χ3v) is 4.13. The molecule has 1 aromatic carbocycles. The molecule has 3 rings (SSSR count). The Hall–Kier alpha value is -1.52. The lowest BCUT2D eigenvalue weighted by Crippen LogP contribution is -2.34. The number of nitrogens with one attached hydrogen (secondary N) is 1. The van der Waals surface area contributed by atoms with E-state index < -0.39 is 0 Å². The van der Waals surface area contributed by atoms with E-state index >= 15 is 0 Å². The van der Waals surface area contributed by atoms with Crippen molar-refractivity contribution in [3.63, 3.8) is 0 Å². The number of aliphatic hydroxyl groups is 1. The maximum atomic E-state index is 12.1. The molecule has 2 N–H and O–H groups in total. The van der Waals surface area contributed by atoms with Gasteiger partial charge in [-0.3, -0.25) is 4.79 Å². The Morgan fingerprint density at radius 3 is 2.95 bits per heavy atom. The van der Waals surface area contributed by atoms with Crippen molar-refractivity contribution in [3.05, 3.63) is 34.4 Å². The number of carbonyl (C=O) groups is 1. The van der Waals surface area contributed by atoms with Gasteiger partial charge in [0.05, 0.1) is 12.2 Å². The summed E-state index contributed by atoms with van der Waals surface area (Å²) in [5, 5.41) is 12.7. The summed E-state index contributed by atoms with van der Waals surface area (Å²) in [6, 6.07) is 5.34. The average molecular weight is 294 g/mol. The summed E-state index contributed by atoms with van der Waals surface area (Å²) in [4.78, 5) is 12.1. The van der Waals surface area contributed by atoms with E-state index in [0.717, 1.165) is 24.2 Å². The molecule has 1 aliphatic carbocycles. The van der Waals surface area contributed by atoms with E-state index in [2.05, 4.69) is 5.32 Å². The van der Waals surface area contributed by atoms with Crippen LogP contribution >= 0.6 is 11.6 Å². The fourth-order valence-electron chi connectivity index (χ4n) is 2.23. The van der Waals surface area contributed by atoms with Gasteiger partial charge in [0.15, 0.2) is 0 Å². The van der Waals surface area contributed by atoms with E-state index in [4.69, 9.17) is 16.3 Å². The predicted octanol–water partition coefficient (Wildman–Crippen LogP) is 2.00. The summed E-state index contributed by atoms with van der Waals surface area (Å²) >= 11 is 5.94. The fraction of sp³-hybridized carbons (Fsp3) is 0.400. The zero-order valence-corrected chi connectivity index (χ0v) is 11.7. The van der Waals surface area contributed by atoms with Crippen LogP contribution in [0, 0.1) is 5.41 Å². The number of benzene rings is 1. The second-order valence-corrected chi connectivity index (χ2v) is 5.92. The summed E-state index contributed by atoms with van der Waals surface area (Å²) < 4.78 is 5.55. The minimum absolute atomic E-state index is 0.0903. The first-order chi connectivity index (χ1) is 9.62. The normalized spacial score (nSPS) is 18.6. The number of rotatable bonds is 4. The van der Waals surface area contributed by atoms with E-state index in [1.165, 1.54) is 0 Å². The van der Waals surface area contributed by atoms with Crippen molar-refractivity contribution in [2.75, 3.05) is 19.8 Å². The first kappa shape index (κ1) is 13.5. The molecule has 0 radical (unpaired) electrons. The Kier molecular flexibility index (Phi) is 3.44. The van der Waals surface area contributed by atoms with Gasteiger partial charge in [0.25, 0.3) is 5.91 Å². The number of fused-ring (bicyclic) bond motifs is 1. The number of halogens is 1. The molecule has 5 heteroatoms. The standard InChI is InChI=1S/C15H16ClNO3/c16-12-1-2-13-10(6-12)5-11(7-20-13)14(19)17-8-15(9-18)3-4-15/h1-2,5-6,18H,3-4,7-9H2,(H,17,19). The van der Waals surface area contributed by atoms with Crippen LogP contribution in [-0.4, -0.2) is 30.8 Å². The molecule has 0 atom stereocenters. The van der Waals surface area contributed by atoms with Gasteiger partial charge in [0.2, 0.25) is 0 Å². The Labute approximate surface area is 122 Å². The van der Waals surface area contributed by atoms with Gasteiger partial charge in [-0.05, 0) is 37.1 Å². The monoisotopic (exact) mass is 293 g/mol. The van der Waals surface area contributed by atoms with Crippen LogP contribution in [0.5, 0.6) is 5.75 Å². The Balaban J connectivity index is 1.69. The zero-order valence-electron chi connectivity index (χ0n) is 11.0. The van der Waals surface area contributed by atoms with E-state index in [0.29, 0.717) is 17.1 Å². The van der Waals surface area contributed by atoms with Crippen molar-refractivity contribution in [2.24, 2.45) is 5.41 Å². The molecule has 0 saturated heterocycles. The number of ether oxygens (including phenoxy) is 1. The van der Waals surface area contributed by atoms with Gasteiger partial charge < -0.3 is 15.2 Å². The van der Waals surface area contributed by atoms with E-state index in [1.807, 2.05) is 0 Å². The average Bonchev–Trinajstić information content (AvgIpc) is 3.24. The van der Waals surface area contributed by atoms with Crippen LogP contribution in [0.25, 0.3) is 6.08 Å². The third kappa shape index (κ3) is 2.67. The molecule has 106 valence electrons. The van der Waals surface area contributed by atoms with Gasteiger partial charge in [0, 0.05) is 22.5 Å². The fourth-order valence-corrected chi connectivity index (χ4v) is 2.41. The highest BCUT2D eigenvalue weighted by atomic mass is 35.5. The number of hydrogen-bond donors (Lipinski definition) is 2. The van der Waals surface area contributed by atoms with Crippen LogP contribution in [-0.2, 0) is 4.79 Å². The molecule has 1 aliphatic heterocycles. The molecule has 20 heavy (non-hydrogen) atoms. The second kappa shape index (κ2) is 5.11. The Morgan fingerprint density at radius 2 is 2.25 bits per heavy atom. The van der Waals surface area contributed by atoms with Crippen LogP contribution in [0.1, 0.15) is 18.4 Å². The van der Waals surface area contributed by atoms with Crippen LogP contribution in [0.2, 0.25) is 5.02 Å². The van der Waals surface area contributed by atoms with Crippen molar-refractivity contribution in [1.82, 2.24) is 5.32 Å². The summed E-state index contributed by atoms with van der Waals surface area (Å²) in [6.45, 7) is 0.899. The highest BCUT2D eigenvalue weighted by Gasteiger charge is 2.42. The summed E-state index contributed by atoms with van der Waals surface area (Å²) in [5.41, 5.74) is 1.30. The van der Waals surface area contributed by atoms with Crippen molar-refractivity contribution in [2.45, 2.75) is 12.8 Å². The molecule has 1 heterocycles. The summed E-state index contributed by atoms with van der Waals surface area (Å²) in [7, 11) is 0. The largest absolute Gasteiger partial charge is 0.488 e. The van der Waals surface area contributed by atoms with Gasteiger partial charge in [-0.2, -0.15) is 0 Å². The highest BCUT2D eigenvalue weighted by Crippen LogP contribution is 2.44. The van der Waals surface area contributed by atoms with Gasteiger partial charge >= 0.3 is 0 Å². The lowest BCUT2D eigenvalue weighted by atomic mass is 10.1. The third-order valence-electron chi connectivity index (χ3n) is 3.89. The maximum absolute atomic E-state index is 12.1. The van der Waals surface area contributed by atoms with Gasteiger partial charge in [-0.25, -0.2) is 0 Å². The molecule has 2 aliphatic rings. The number of carbonyl (C=O) groups excluding carboxylic acids is 1. The second-order valence-electron chi connectivity index (χ2n) is 5.48. The van der Waals surface area contributed by atoms with Crippen molar-refractivity contribution in [3.8, 4) is 5.75 Å². The number of amides is 1. The molecule has 1 aromatic rings. The molecule has 1 saturated carbocycles. The van der Waals surface area contributed by atoms with E-state index in [1.54, 1.807) is 24.3 Å². The molecule has 0 spiro atoms. The molecule has 1 amide bonds. The van der Waals surface area contributed by atoms with E-state index in [-0.39, 0.29) is 24.5 Å².